The monoisotopic (exact) mass is 344 g/mol. The van der Waals surface area contributed by atoms with Crippen LogP contribution in [0.3, 0.4) is 0 Å². The topological polar surface area (TPSA) is 52.0 Å². The molecule has 0 amide bonds. The first-order valence-corrected chi connectivity index (χ1v) is 10.4. The van der Waals surface area contributed by atoms with Gasteiger partial charge in [-0.3, -0.25) is 4.68 Å². The van der Waals surface area contributed by atoms with E-state index in [0.717, 1.165) is 23.5 Å². The highest BCUT2D eigenvalue weighted by Gasteiger charge is 2.17. The van der Waals surface area contributed by atoms with Gasteiger partial charge in [-0.05, 0) is 48.6 Å². The number of hydrogen-bond donors (Lipinski definition) is 0. The van der Waals surface area contributed by atoms with E-state index < -0.39 is 9.84 Å². The average Bonchev–Trinajstić information content (AvgIpc) is 2.98. The highest BCUT2D eigenvalue weighted by atomic mass is 32.2. The summed E-state index contributed by atoms with van der Waals surface area (Å²) in [5.74, 6) is 0.672. The summed E-state index contributed by atoms with van der Waals surface area (Å²) in [7, 11) is -3.17. The summed E-state index contributed by atoms with van der Waals surface area (Å²) in [5, 5.41) is 4.65. The molecule has 0 saturated heterocycles. The molecular formula is C19H24N2O2S. The Bertz CT molecular complexity index is 814. The van der Waals surface area contributed by atoms with Gasteiger partial charge in [-0.15, -0.1) is 0 Å². The maximum absolute atomic E-state index is 11.6. The molecule has 1 fully saturated rings. The van der Waals surface area contributed by atoms with E-state index in [2.05, 4.69) is 16.4 Å². The smallest absolute Gasteiger partial charge is 0.175 e. The first-order valence-electron chi connectivity index (χ1n) is 8.48. The van der Waals surface area contributed by atoms with Crippen LogP contribution >= 0.6 is 0 Å². The number of rotatable bonds is 5. The Hall–Kier alpha value is -1.88. The van der Waals surface area contributed by atoms with E-state index in [1.165, 1.54) is 38.4 Å². The molecule has 24 heavy (non-hydrogen) atoms. The van der Waals surface area contributed by atoms with Crippen LogP contribution in [0.1, 0.15) is 37.8 Å². The van der Waals surface area contributed by atoms with Crippen LogP contribution < -0.4 is 0 Å². The fourth-order valence-corrected chi connectivity index (χ4v) is 4.03. The number of nitrogens with zero attached hydrogens (tertiary/aromatic N) is 2. The summed E-state index contributed by atoms with van der Waals surface area (Å²) >= 11 is 0. The van der Waals surface area contributed by atoms with Gasteiger partial charge in [0.1, 0.15) is 0 Å². The number of benzene rings is 1. The minimum atomic E-state index is -3.17. The molecule has 0 radical (unpaired) electrons. The van der Waals surface area contributed by atoms with Crippen molar-refractivity contribution in [2.75, 3.05) is 6.26 Å². The second kappa shape index (κ2) is 6.93. The predicted octanol–water partition coefficient (Wildman–Crippen LogP) is 4.18. The van der Waals surface area contributed by atoms with Crippen LogP contribution in [-0.4, -0.2) is 24.5 Å². The van der Waals surface area contributed by atoms with Gasteiger partial charge in [0.2, 0.25) is 0 Å². The van der Waals surface area contributed by atoms with Gasteiger partial charge in [-0.2, -0.15) is 5.10 Å². The van der Waals surface area contributed by atoms with E-state index in [0.29, 0.717) is 10.8 Å². The van der Waals surface area contributed by atoms with E-state index in [4.69, 9.17) is 0 Å². The summed E-state index contributed by atoms with van der Waals surface area (Å²) in [6.45, 7) is 4.73. The molecule has 1 saturated carbocycles. The third-order valence-corrected chi connectivity index (χ3v) is 5.87. The molecule has 1 aliphatic carbocycles. The van der Waals surface area contributed by atoms with Gasteiger partial charge in [0.05, 0.1) is 16.3 Å². The number of hydrogen-bond acceptors (Lipinski definition) is 3. The maximum atomic E-state index is 11.6. The molecule has 0 atom stereocenters. The molecule has 2 aromatic rings. The molecule has 5 heteroatoms. The van der Waals surface area contributed by atoms with Gasteiger partial charge in [0, 0.05) is 12.8 Å². The fourth-order valence-electron chi connectivity index (χ4n) is 3.40. The molecule has 0 spiro atoms. The second-order valence-corrected chi connectivity index (χ2v) is 8.66. The Balaban J connectivity index is 1.91. The van der Waals surface area contributed by atoms with Crippen LogP contribution in [0.5, 0.6) is 0 Å². The van der Waals surface area contributed by atoms with Crippen molar-refractivity contribution in [3.8, 4) is 11.3 Å². The lowest BCUT2D eigenvalue weighted by molar-refractivity contribution is 0.309. The quantitative estimate of drug-likeness (QED) is 0.818. The van der Waals surface area contributed by atoms with Gasteiger partial charge in [-0.1, -0.05) is 38.0 Å². The Morgan fingerprint density at radius 3 is 2.46 bits per heavy atom. The zero-order valence-electron chi connectivity index (χ0n) is 14.1. The largest absolute Gasteiger partial charge is 0.264 e. The van der Waals surface area contributed by atoms with Crippen molar-refractivity contribution in [2.45, 2.75) is 43.5 Å². The Morgan fingerprint density at radius 2 is 1.88 bits per heavy atom. The zero-order chi connectivity index (χ0) is 17.2. The summed E-state index contributed by atoms with van der Waals surface area (Å²) in [6.07, 6.45) is 9.45. The van der Waals surface area contributed by atoms with Crippen molar-refractivity contribution in [2.24, 2.45) is 5.92 Å². The Kier molecular flexibility index (Phi) is 4.90. The summed E-state index contributed by atoms with van der Waals surface area (Å²) < 4.78 is 25.3. The Morgan fingerprint density at radius 1 is 1.21 bits per heavy atom. The highest BCUT2D eigenvalue weighted by molar-refractivity contribution is 7.90. The fraction of sp³-hybridized carbons (Fsp3) is 0.421. The molecule has 0 bridgehead atoms. The lowest BCUT2D eigenvalue weighted by atomic mass is 9.89. The van der Waals surface area contributed by atoms with E-state index >= 15 is 0 Å². The van der Waals surface area contributed by atoms with Crippen LogP contribution in [0, 0.1) is 5.92 Å². The predicted molar refractivity (Wildman–Crippen MR) is 97.4 cm³/mol. The van der Waals surface area contributed by atoms with E-state index in [1.807, 2.05) is 18.2 Å². The Labute approximate surface area is 144 Å². The zero-order valence-corrected chi connectivity index (χ0v) is 14.9. The van der Waals surface area contributed by atoms with Gasteiger partial charge >= 0.3 is 0 Å². The molecule has 0 aliphatic heterocycles. The van der Waals surface area contributed by atoms with Crippen molar-refractivity contribution in [3.05, 3.63) is 42.6 Å². The molecule has 0 N–H and O–H groups in total. The molecule has 1 aromatic carbocycles. The van der Waals surface area contributed by atoms with Crippen LogP contribution in [0.2, 0.25) is 0 Å². The van der Waals surface area contributed by atoms with Gasteiger partial charge < -0.3 is 0 Å². The van der Waals surface area contributed by atoms with Gasteiger partial charge in [0.15, 0.2) is 9.84 Å². The average molecular weight is 344 g/mol. The van der Waals surface area contributed by atoms with Gasteiger partial charge in [0.25, 0.3) is 0 Å². The van der Waals surface area contributed by atoms with Crippen molar-refractivity contribution in [3.63, 3.8) is 0 Å². The van der Waals surface area contributed by atoms with Crippen molar-refractivity contribution in [1.82, 2.24) is 9.78 Å². The number of sulfone groups is 1. The first-order chi connectivity index (χ1) is 11.5. The summed E-state index contributed by atoms with van der Waals surface area (Å²) in [4.78, 5) is 0.341. The SMILES string of the molecule is C=Cc1cc(-c2ccc(S(C)(=O)=O)cc2)n(CC2CCCCC2)n1. The highest BCUT2D eigenvalue weighted by Crippen LogP contribution is 2.28. The molecule has 1 heterocycles. The summed E-state index contributed by atoms with van der Waals surface area (Å²) in [6, 6.07) is 9.06. The van der Waals surface area contributed by atoms with Crippen molar-refractivity contribution in [1.29, 1.82) is 0 Å². The third kappa shape index (κ3) is 3.78. The molecule has 1 aliphatic rings. The van der Waals surface area contributed by atoms with Crippen molar-refractivity contribution >= 4 is 15.9 Å². The van der Waals surface area contributed by atoms with Crippen molar-refractivity contribution < 1.29 is 8.42 Å². The van der Waals surface area contributed by atoms with Crippen LogP contribution in [-0.2, 0) is 16.4 Å². The normalized spacial score (nSPS) is 16.2. The van der Waals surface area contributed by atoms with E-state index in [9.17, 15) is 8.42 Å². The standard InChI is InChI=1S/C19H24N2O2S/c1-3-17-13-19(16-9-11-18(12-10-16)24(2,22)23)21(20-17)14-15-7-5-4-6-8-15/h3,9-13,15H,1,4-8,14H2,2H3. The molecule has 3 rings (SSSR count). The first kappa shape index (κ1) is 17.0. The van der Waals surface area contributed by atoms with Crippen LogP contribution in [0.15, 0.2) is 41.8 Å². The molecule has 128 valence electrons. The lowest BCUT2D eigenvalue weighted by Gasteiger charge is -2.22. The second-order valence-electron chi connectivity index (χ2n) is 6.64. The van der Waals surface area contributed by atoms with E-state index in [1.54, 1.807) is 18.2 Å². The molecule has 1 aromatic heterocycles. The molecule has 0 unspecified atom stereocenters. The van der Waals surface area contributed by atoms with E-state index in [-0.39, 0.29) is 0 Å². The third-order valence-electron chi connectivity index (χ3n) is 4.74. The van der Waals surface area contributed by atoms with Crippen LogP contribution in [0.4, 0.5) is 0 Å². The van der Waals surface area contributed by atoms with Crippen LogP contribution in [0.25, 0.3) is 17.3 Å². The minimum Gasteiger partial charge on any atom is -0.264 e. The molecular weight excluding hydrogens is 320 g/mol. The molecule has 4 nitrogen and oxygen atoms in total. The minimum absolute atomic E-state index is 0.341. The lowest BCUT2D eigenvalue weighted by Crippen LogP contribution is -2.15. The summed E-state index contributed by atoms with van der Waals surface area (Å²) in [5.41, 5.74) is 2.86. The van der Waals surface area contributed by atoms with Gasteiger partial charge in [-0.25, -0.2) is 8.42 Å². The maximum Gasteiger partial charge on any atom is 0.175 e. The number of aromatic nitrogens is 2.